The van der Waals surface area contributed by atoms with Crippen molar-refractivity contribution in [1.29, 1.82) is 0 Å². The molecule has 2 aromatic rings. The third-order valence-electron chi connectivity index (χ3n) is 3.61. The number of hydrogen-bond acceptors (Lipinski definition) is 3. The third-order valence-corrected chi connectivity index (χ3v) is 3.61. The van der Waals surface area contributed by atoms with Gasteiger partial charge in [0.15, 0.2) is 5.82 Å². The van der Waals surface area contributed by atoms with Crippen LogP contribution in [0.2, 0.25) is 0 Å². The molecule has 2 N–H and O–H groups in total. The Bertz CT molecular complexity index is 658. The standard InChI is InChI=1S/C15H15F2N3/c1-19-6-7-20(13-5-3-2-4-12(13)19)14-9-10(16)8-11(17)15(14)18/h2-5,8-9H,6-7,18H2,1H3. The Hall–Kier alpha value is -2.30. The van der Waals surface area contributed by atoms with E-state index in [1.807, 2.05) is 36.2 Å². The summed E-state index contributed by atoms with van der Waals surface area (Å²) in [7, 11) is 1.99. The summed E-state index contributed by atoms with van der Waals surface area (Å²) in [6, 6.07) is 9.83. The summed E-state index contributed by atoms with van der Waals surface area (Å²) in [6.45, 7) is 1.38. The van der Waals surface area contributed by atoms with Gasteiger partial charge in [-0.2, -0.15) is 0 Å². The fourth-order valence-electron chi connectivity index (χ4n) is 2.55. The smallest absolute Gasteiger partial charge is 0.151 e. The molecule has 0 saturated heterocycles. The summed E-state index contributed by atoms with van der Waals surface area (Å²) in [4.78, 5) is 3.97. The summed E-state index contributed by atoms with van der Waals surface area (Å²) in [5.74, 6) is -1.35. The SMILES string of the molecule is CN1CCN(c2cc(F)cc(F)c2N)c2ccccc21. The highest BCUT2D eigenvalue weighted by Gasteiger charge is 2.23. The number of fused-ring (bicyclic) bond motifs is 1. The van der Waals surface area contributed by atoms with Gasteiger partial charge in [-0.1, -0.05) is 12.1 Å². The Labute approximate surface area is 116 Å². The van der Waals surface area contributed by atoms with E-state index < -0.39 is 11.6 Å². The fraction of sp³-hybridized carbons (Fsp3) is 0.200. The van der Waals surface area contributed by atoms with Crippen LogP contribution >= 0.6 is 0 Å². The lowest BCUT2D eigenvalue weighted by atomic mass is 10.1. The first-order valence-electron chi connectivity index (χ1n) is 6.40. The Kier molecular flexibility index (Phi) is 2.97. The van der Waals surface area contributed by atoms with Crippen LogP contribution in [0.25, 0.3) is 0 Å². The van der Waals surface area contributed by atoms with Crippen LogP contribution in [-0.2, 0) is 0 Å². The number of hydrogen-bond donors (Lipinski definition) is 1. The number of nitrogens with two attached hydrogens (primary N) is 1. The van der Waals surface area contributed by atoms with Gasteiger partial charge in [0, 0.05) is 26.2 Å². The van der Waals surface area contributed by atoms with Crippen LogP contribution in [0.5, 0.6) is 0 Å². The van der Waals surface area contributed by atoms with Crippen LogP contribution in [0.1, 0.15) is 0 Å². The van der Waals surface area contributed by atoms with E-state index in [2.05, 4.69) is 4.90 Å². The first-order chi connectivity index (χ1) is 9.58. The fourth-order valence-corrected chi connectivity index (χ4v) is 2.55. The summed E-state index contributed by atoms with van der Waals surface area (Å²) in [5, 5.41) is 0. The quantitative estimate of drug-likeness (QED) is 0.812. The normalized spacial score (nSPS) is 14.3. The maximum absolute atomic E-state index is 13.6. The first kappa shape index (κ1) is 12.7. The van der Waals surface area contributed by atoms with E-state index in [4.69, 9.17) is 5.73 Å². The van der Waals surface area contributed by atoms with Crippen LogP contribution in [0, 0.1) is 11.6 Å². The van der Waals surface area contributed by atoms with Crippen LogP contribution in [0.4, 0.5) is 31.5 Å². The van der Waals surface area contributed by atoms with E-state index in [0.29, 0.717) is 12.2 Å². The second-order valence-electron chi connectivity index (χ2n) is 4.88. The molecule has 1 aliphatic rings. The first-order valence-corrected chi connectivity index (χ1v) is 6.40. The van der Waals surface area contributed by atoms with Gasteiger partial charge in [0.05, 0.1) is 22.7 Å². The van der Waals surface area contributed by atoms with E-state index in [1.165, 1.54) is 6.07 Å². The minimum absolute atomic E-state index is 0.0224. The van der Waals surface area contributed by atoms with Crippen LogP contribution < -0.4 is 15.5 Å². The molecule has 0 fully saturated rings. The molecule has 0 aromatic heterocycles. The zero-order chi connectivity index (χ0) is 14.3. The number of anilines is 4. The van der Waals surface area contributed by atoms with E-state index in [9.17, 15) is 8.78 Å². The molecule has 1 heterocycles. The summed E-state index contributed by atoms with van der Waals surface area (Å²) < 4.78 is 27.1. The second kappa shape index (κ2) is 4.67. The summed E-state index contributed by atoms with van der Waals surface area (Å²) >= 11 is 0. The molecule has 1 aliphatic heterocycles. The van der Waals surface area contributed by atoms with Crippen molar-refractivity contribution >= 4 is 22.7 Å². The van der Waals surface area contributed by atoms with E-state index >= 15 is 0 Å². The van der Waals surface area contributed by atoms with Gasteiger partial charge in [0.25, 0.3) is 0 Å². The molecule has 20 heavy (non-hydrogen) atoms. The number of nitrogens with zero attached hydrogens (tertiary/aromatic N) is 2. The highest BCUT2D eigenvalue weighted by atomic mass is 19.1. The molecule has 0 amide bonds. The second-order valence-corrected chi connectivity index (χ2v) is 4.88. The number of likely N-dealkylation sites (N-methyl/N-ethyl adjacent to an activating group) is 1. The highest BCUT2D eigenvalue weighted by molar-refractivity contribution is 5.83. The molecule has 2 aromatic carbocycles. The van der Waals surface area contributed by atoms with Gasteiger partial charge in [-0.25, -0.2) is 8.78 Å². The monoisotopic (exact) mass is 275 g/mol. The van der Waals surface area contributed by atoms with Crippen LogP contribution in [0.3, 0.4) is 0 Å². The minimum Gasteiger partial charge on any atom is -0.395 e. The highest BCUT2D eigenvalue weighted by Crippen LogP contribution is 2.39. The molecule has 0 atom stereocenters. The number of halogens is 2. The maximum atomic E-state index is 13.6. The van der Waals surface area contributed by atoms with Gasteiger partial charge in [-0.3, -0.25) is 0 Å². The molecule has 0 unspecified atom stereocenters. The van der Waals surface area contributed by atoms with Crippen molar-refractivity contribution in [2.24, 2.45) is 0 Å². The molecule has 3 nitrogen and oxygen atoms in total. The number of para-hydroxylation sites is 2. The molecule has 5 heteroatoms. The third kappa shape index (κ3) is 1.95. The Morgan fingerprint density at radius 2 is 1.70 bits per heavy atom. The summed E-state index contributed by atoms with van der Waals surface area (Å²) in [5.41, 5.74) is 8.05. The molecule has 0 saturated carbocycles. The minimum atomic E-state index is -0.726. The van der Waals surface area contributed by atoms with E-state index in [-0.39, 0.29) is 5.69 Å². The predicted molar refractivity (Wildman–Crippen MR) is 77.5 cm³/mol. The predicted octanol–water partition coefficient (Wildman–Crippen LogP) is 3.13. The number of nitrogen functional groups attached to an aromatic ring is 1. The van der Waals surface area contributed by atoms with Crippen molar-refractivity contribution in [1.82, 2.24) is 0 Å². The lowest BCUT2D eigenvalue weighted by molar-refractivity contribution is 0.586. The van der Waals surface area contributed by atoms with Crippen molar-refractivity contribution in [2.75, 3.05) is 35.7 Å². The van der Waals surface area contributed by atoms with Crippen molar-refractivity contribution in [3.63, 3.8) is 0 Å². The van der Waals surface area contributed by atoms with E-state index in [0.717, 1.165) is 24.0 Å². The zero-order valence-corrected chi connectivity index (χ0v) is 11.1. The maximum Gasteiger partial charge on any atom is 0.151 e. The molecule has 104 valence electrons. The molecule has 0 spiro atoms. The lowest BCUT2D eigenvalue weighted by Gasteiger charge is -2.37. The van der Waals surface area contributed by atoms with Crippen molar-refractivity contribution in [3.05, 3.63) is 48.0 Å². The van der Waals surface area contributed by atoms with Crippen LogP contribution in [-0.4, -0.2) is 20.1 Å². The topological polar surface area (TPSA) is 32.5 Å². The van der Waals surface area contributed by atoms with Crippen molar-refractivity contribution < 1.29 is 8.78 Å². The Morgan fingerprint density at radius 3 is 2.45 bits per heavy atom. The average molecular weight is 275 g/mol. The molecular formula is C15H15F2N3. The molecular weight excluding hydrogens is 260 g/mol. The van der Waals surface area contributed by atoms with Crippen molar-refractivity contribution in [2.45, 2.75) is 0 Å². The van der Waals surface area contributed by atoms with Gasteiger partial charge in [-0.05, 0) is 18.2 Å². The summed E-state index contributed by atoms with van der Waals surface area (Å²) in [6.07, 6.45) is 0. The van der Waals surface area contributed by atoms with E-state index in [1.54, 1.807) is 0 Å². The Balaban J connectivity index is 2.15. The van der Waals surface area contributed by atoms with Crippen molar-refractivity contribution in [3.8, 4) is 0 Å². The lowest BCUT2D eigenvalue weighted by Crippen LogP contribution is -2.36. The molecule has 0 aliphatic carbocycles. The largest absolute Gasteiger partial charge is 0.395 e. The van der Waals surface area contributed by atoms with Gasteiger partial charge >= 0.3 is 0 Å². The number of benzene rings is 2. The molecule has 0 radical (unpaired) electrons. The van der Waals surface area contributed by atoms with Gasteiger partial charge in [0.1, 0.15) is 5.82 Å². The van der Waals surface area contributed by atoms with Crippen LogP contribution in [0.15, 0.2) is 36.4 Å². The number of rotatable bonds is 1. The van der Waals surface area contributed by atoms with Gasteiger partial charge in [-0.15, -0.1) is 0 Å². The molecule has 0 bridgehead atoms. The Morgan fingerprint density at radius 1 is 1.00 bits per heavy atom. The zero-order valence-electron chi connectivity index (χ0n) is 11.1. The molecule has 3 rings (SSSR count). The van der Waals surface area contributed by atoms with Gasteiger partial charge in [0.2, 0.25) is 0 Å². The van der Waals surface area contributed by atoms with Gasteiger partial charge < -0.3 is 15.5 Å². The average Bonchev–Trinajstić information content (AvgIpc) is 2.44.